The van der Waals surface area contributed by atoms with Gasteiger partial charge in [-0.2, -0.15) is 0 Å². The van der Waals surface area contributed by atoms with E-state index in [1.807, 2.05) is 0 Å². The summed E-state index contributed by atoms with van der Waals surface area (Å²) in [5, 5.41) is 22.3. The third-order valence-corrected chi connectivity index (χ3v) is 3.84. The van der Waals surface area contributed by atoms with Crippen molar-refractivity contribution >= 4 is 17.6 Å². The molecule has 7 heteroatoms. The van der Waals surface area contributed by atoms with Gasteiger partial charge in [-0.05, 0) is 30.9 Å². The molecule has 7 nitrogen and oxygen atoms in total. The Morgan fingerprint density at radius 1 is 1.29 bits per heavy atom. The molecular formula is C14H16N2O5. The Balaban J connectivity index is 1.92. The van der Waals surface area contributed by atoms with Gasteiger partial charge in [-0.1, -0.05) is 6.42 Å². The summed E-state index contributed by atoms with van der Waals surface area (Å²) in [5.74, 6) is -1.62. The van der Waals surface area contributed by atoms with Crippen molar-refractivity contribution in [1.82, 2.24) is 5.32 Å². The van der Waals surface area contributed by atoms with Gasteiger partial charge in [0.1, 0.15) is 0 Å². The van der Waals surface area contributed by atoms with Crippen LogP contribution >= 0.6 is 0 Å². The van der Waals surface area contributed by atoms with Crippen LogP contribution < -0.4 is 5.32 Å². The Hall–Kier alpha value is -2.44. The van der Waals surface area contributed by atoms with Gasteiger partial charge >= 0.3 is 5.97 Å². The monoisotopic (exact) mass is 292 g/mol. The third-order valence-electron chi connectivity index (χ3n) is 3.84. The summed E-state index contributed by atoms with van der Waals surface area (Å²) < 4.78 is 0. The first-order chi connectivity index (χ1) is 9.99. The van der Waals surface area contributed by atoms with E-state index in [4.69, 9.17) is 5.11 Å². The highest BCUT2D eigenvalue weighted by Crippen LogP contribution is 2.31. The number of nitrogens with one attached hydrogen (secondary N) is 1. The molecule has 0 heterocycles. The van der Waals surface area contributed by atoms with Gasteiger partial charge in [0.25, 0.3) is 11.6 Å². The minimum Gasteiger partial charge on any atom is -0.481 e. The first-order valence-corrected chi connectivity index (χ1v) is 6.74. The van der Waals surface area contributed by atoms with Gasteiger partial charge in [-0.25, -0.2) is 0 Å². The fourth-order valence-electron chi connectivity index (χ4n) is 2.67. The molecule has 1 aromatic rings. The molecule has 2 rings (SSSR count). The lowest BCUT2D eigenvalue weighted by molar-refractivity contribution is -0.384. The van der Waals surface area contributed by atoms with Crippen LogP contribution in [0.15, 0.2) is 24.3 Å². The van der Waals surface area contributed by atoms with Crippen LogP contribution in [-0.4, -0.2) is 28.5 Å². The number of nitro groups is 1. The lowest BCUT2D eigenvalue weighted by atomic mass is 9.96. The Morgan fingerprint density at radius 3 is 2.52 bits per heavy atom. The minimum atomic E-state index is -0.818. The SMILES string of the molecule is O=C(NCC1CCCC1C(=O)O)c1ccc([N+](=O)[O-])cc1. The number of amides is 1. The fraction of sp³-hybridized carbons (Fsp3) is 0.429. The topological polar surface area (TPSA) is 110 Å². The average molecular weight is 292 g/mol. The van der Waals surface area contributed by atoms with Gasteiger partial charge in [0, 0.05) is 24.2 Å². The van der Waals surface area contributed by atoms with Crippen molar-refractivity contribution in [3.8, 4) is 0 Å². The highest BCUT2D eigenvalue weighted by Gasteiger charge is 2.32. The molecule has 0 saturated heterocycles. The van der Waals surface area contributed by atoms with Crippen LogP contribution in [0.25, 0.3) is 0 Å². The van der Waals surface area contributed by atoms with Gasteiger partial charge in [0.2, 0.25) is 0 Å². The second-order valence-corrected chi connectivity index (χ2v) is 5.15. The smallest absolute Gasteiger partial charge is 0.306 e. The van der Waals surface area contributed by atoms with Crippen molar-refractivity contribution < 1.29 is 19.6 Å². The van der Waals surface area contributed by atoms with Crippen LogP contribution in [0.2, 0.25) is 0 Å². The Labute approximate surface area is 121 Å². The van der Waals surface area contributed by atoms with Crippen LogP contribution in [-0.2, 0) is 4.79 Å². The van der Waals surface area contributed by atoms with E-state index in [2.05, 4.69) is 5.32 Å². The van der Waals surface area contributed by atoms with Gasteiger partial charge < -0.3 is 10.4 Å². The number of nitrogens with zero attached hydrogens (tertiary/aromatic N) is 1. The second kappa shape index (κ2) is 6.34. The number of hydrogen-bond acceptors (Lipinski definition) is 4. The van der Waals surface area contributed by atoms with Crippen LogP contribution in [0.5, 0.6) is 0 Å². The normalized spacial score (nSPS) is 21.0. The maximum absolute atomic E-state index is 11.9. The number of benzene rings is 1. The van der Waals surface area contributed by atoms with Crippen molar-refractivity contribution in [2.75, 3.05) is 6.54 Å². The Bertz CT molecular complexity index is 555. The molecule has 1 aliphatic carbocycles. The number of nitro benzene ring substituents is 1. The van der Waals surface area contributed by atoms with Crippen LogP contribution in [0.3, 0.4) is 0 Å². The Kier molecular flexibility index (Phi) is 4.52. The second-order valence-electron chi connectivity index (χ2n) is 5.15. The molecule has 2 unspecified atom stereocenters. The van der Waals surface area contributed by atoms with E-state index in [1.54, 1.807) is 0 Å². The zero-order valence-corrected chi connectivity index (χ0v) is 11.3. The minimum absolute atomic E-state index is 0.0514. The van der Waals surface area contributed by atoms with E-state index in [0.717, 1.165) is 12.8 Å². The zero-order valence-electron chi connectivity index (χ0n) is 11.3. The van der Waals surface area contributed by atoms with E-state index >= 15 is 0 Å². The van der Waals surface area contributed by atoms with Gasteiger partial charge in [-0.3, -0.25) is 19.7 Å². The number of carbonyl (C=O) groups excluding carboxylic acids is 1. The highest BCUT2D eigenvalue weighted by molar-refractivity contribution is 5.94. The van der Waals surface area contributed by atoms with Crippen molar-refractivity contribution in [2.45, 2.75) is 19.3 Å². The van der Waals surface area contributed by atoms with Crippen LogP contribution in [0.1, 0.15) is 29.6 Å². The zero-order chi connectivity index (χ0) is 15.4. The summed E-state index contributed by atoms with van der Waals surface area (Å²) in [5.41, 5.74) is 0.249. The number of rotatable bonds is 5. The third kappa shape index (κ3) is 3.56. The predicted octanol–water partition coefficient (Wildman–Crippen LogP) is 1.83. The number of carbonyl (C=O) groups is 2. The molecule has 21 heavy (non-hydrogen) atoms. The van der Waals surface area contributed by atoms with Crippen molar-refractivity contribution in [3.63, 3.8) is 0 Å². The van der Waals surface area contributed by atoms with Gasteiger partial charge in [0.05, 0.1) is 10.8 Å². The molecule has 1 saturated carbocycles. The maximum atomic E-state index is 11.9. The quantitative estimate of drug-likeness (QED) is 0.635. The van der Waals surface area contributed by atoms with E-state index in [9.17, 15) is 19.7 Å². The van der Waals surface area contributed by atoms with Crippen LogP contribution in [0, 0.1) is 22.0 Å². The average Bonchev–Trinajstić information content (AvgIpc) is 2.93. The molecular weight excluding hydrogens is 276 g/mol. The molecule has 2 N–H and O–H groups in total. The van der Waals surface area contributed by atoms with Crippen LogP contribution in [0.4, 0.5) is 5.69 Å². The summed E-state index contributed by atoms with van der Waals surface area (Å²) in [6, 6.07) is 5.31. The lowest BCUT2D eigenvalue weighted by Crippen LogP contribution is -2.33. The van der Waals surface area contributed by atoms with E-state index in [-0.39, 0.29) is 17.5 Å². The number of hydrogen-bond donors (Lipinski definition) is 2. The molecule has 0 spiro atoms. The summed E-state index contributed by atoms with van der Waals surface area (Å²) in [6.07, 6.45) is 2.29. The van der Waals surface area contributed by atoms with Gasteiger partial charge in [0.15, 0.2) is 0 Å². The highest BCUT2D eigenvalue weighted by atomic mass is 16.6. The molecule has 1 fully saturated rings. The summed E-state index contributed by atoms with van der Waals surface area (Å²) in [7, 11) is 0. The van der Waals surface area contributed by atoms with E-state index in [1.165, 1.54) is 24.3 Å². The van der Waals surface area contributed by atoms with Gasteiger partial charge in [-0.15, -0.1) is 0 Å². The molecule has 0 aliphatic heterocycles. The predicted molar refractivity (Wildman–Crippen MR) is 73.9 cm³/mol. The maximum Gasteiger partial charge on any atom is 0.306 e. The number of carboxylic acid groups (broad SMARTS) is 1. The molecule has 112 valence electrons. The van der Waals surface area contributed by atoms with Crippen molar-refractivity contribution in [1.29, 1.82) is 0 Å². The molecule has 1 aliphatic rings. The van der Waals surface area contributed by atoms with E-state index in [0.29, 0.717) is 18.5 Å². The summed E-state index contributed by atoms with van der Waals surface area (Å²) in [4.78, 5) is 33.0. The Morgan fingerprint density at radius 2 is 1.95 bits per heavy atom. The first kappa shape index (κ1) is 15.0. The fourth-order valence-corrected chi connectivity index (χ4v) is 2.67. The lowest BCUT2D eigenvalue weighted by Gasteiger charge is -2.16. The summed E-state index contributed by atoms with van der Waals surface area (Å²) in [6.45, 7) is 0.312. The molecule has 0 aromatic heterocycles. The standard InChI is InChI=1S/C14H16N2O5/c17-13(9-4-6-11(7-5-9)16(20)21)15-8-10-2-1-3-12(10)14(18)19/h4-7,10,12H,1-3,8H2,(H,15,17)(H,18,19). The van der Waals surface area contributed by atoms with E-state index < -0.39 is 16.8 Å². The largest absolute Gasteiger partial charge is 0.481 e. The summed E-state index contributed by atoms with van der Waals surface area (Å²) >= 11 is 0. The number of non-ortho nitro benzene ring substituents is 1. The molecule has 0 radical (unpaired) electrons. The molecule has 0 bridgehead atoms. The molecule has 1 amide bonds. The number of carboxylic acids is 1. The first-order valence-electron chi connectivity index (χ1n) is 6.74. The van der Waals surface area contributed by atoms with Crippen molar-refractivity contribution in [3.05, 3.63) is 39.9 Å². The molecule has 1 aromatic carbocycles. The van der Waals surface area contributed by atoms with Crippen molar-refractivity contribution in [2.24, 2.45) is 11.8 Å². The molecule has 2 atom stereocenters. The number of aliphatic carboxylic acids is 1.